The van der Waals surface area contributed by atoms with Crippen LogP contribution in [0.2, 0.25) is 0 Å². The SMILES string of the molecule is CCNC(=NCCCc1c[nH]c2ccccc12)N1CCC(c2ncn[nH]2)CC1.I. The molecule has 3 aromatic rings. The molecule has 3 N–H and O–H groups in total. The molecule has 0 atom stereocenters. The van der Waals surface area contributed by atoms with E-state index >= 15 is 0 Å². The Morgan fingerprint density at radius 2 is 2.10 bits per heavy atom. The van der Waals surface area contributed by atoms with Gasteiger partial charge in [0.15, 0.2) is 5.96 Å². The third-order valence-corrected chi connectivity index (χ3v) is 5.49. The zero-order chi connectivity index (χ0) is 19.2. The standard InChI is InChI=1S/C21H29N7.HI/c1-2-22-21(28-12-9-16(10-13-28)20-25-15-26-27-20)23-11-5-6-17-14-24-19-8-4-3-7-18(17)19;/h3-4,7-8,14-16,24H,2,5-6,9-13H2,1H3,(H,22,23)(H,25,26,27);1H. The smallest absolute Gasteiger partial charge is 0.193 e. The zero-order valence-electron chi connectivity index (χ0n) is 16.9. The average molecular weight is 507 g/mol. The van der Waals surface area contributed by atoms with Crippen molar-refractivity contribution < 1.29 is 0 Å². The number of nitrogens with zero attached hydrogens (tertiary/aromatic N) is 4. The van der Waals surface area contributed by atoms with Crippen molar-refractivity contribution in [2.75, 3.05) is 26.2 Å². The summed E-state index contributed by atoms with van der Waals surface area (Å²) in [6.45, 7) is 5.86. The van der Waals surface area contributed by atoms with Crippen molar-refractivity contribution >= 4 is 40.8 Å². The average Bonchev–Trinajstić information content (AvgIpc) is 3.41. The van der Waals surface area contributed by atoms with E-state index in [0.717, 1.165) is 63.6 Å². The van der Waals surface area contributed by atoms with Gasteiger partial charge in [0.1, 0.15) is 12.2 Å². The summed E-state index contributed by atoms with van der Waals surface area (Å²) in [7, 11) is 0. The summed E-state index contributed by atoms with van der Waals surface area (Å²) in [5.41, 5.74) is 2.59. The van der Waals surface area contributed by atoms with Crippen molar-refractivity contribution in [3.8, 4) is 0 Å². The summed E-state index contributed by atoms with van der Waals surface area (Å²) in [4.78, 5) is 14.9. The molecule has 0 radical (unpaired) electrons. The molecular weight excluding hydrogens is 477 g/mol. The number of piperidine rings is 1. The van der Waals surface area contributed by atoms with Crippen molar-refractivity contribution in [3.63, 3.8) is 0 Å². The predicted molar refractivity (Wildman–Crippen MR) is 128 cm³/mol. The molecule has 1 aliphatic heterocycles. The van der Waals surface area contributed by atoms with Gasteiger partial charge in [0.25, 0.3) is 0 Å². The second kappa shape index (κ2) is 10.6. The van der Waals surface area contributed by atoms with E-state index in [0.29, 0.717) is 5.92 Å². The minimum atomic E-state index is 0. The van der Waals surface area contributed by atoms with Crippen LogP contribution in [-0.2, 0) is 6.42 Å². The van der Waals surface area contributed by atoms with Crippen LogP contribution in [0.1, 0.15) is 43.5 Å². The first-order valence-electron chi connectivity index (χ1n) is 10.3. The number of rotatable bonds is 6. The molecule has 4 rings (SSSR count). The van der Waals surface area contributed by atoms with E-state index in [9.17, 15) is 0 Å². The molecule has 0 bridgehead atoms. The number of aromatic nitrogens is 4. The van der Waals surface area contributed by atoms with E-state index in [1.807, 2.05) is 0 Å². The molecule has 156 valence electrons. The van der Waals surface area contributed by atoms with Crippen LogP contribution >= 0.6 is 24.0 Å². The highest BCUT2D eigenvalue weighted by molar-refractivity contribution is 14.0. The highest BCUT2D eigenvalue weighted by Gasteiger charge is 2.24. The largest absolute Gasteiger partial charge is 0.361 e. The highest BCUT2D eigenvalue weighted by Crippen LogP contribution is 2.25. The lowest BCUT2D eigenvalue weighted by Gasteiger charge is -2.33. The third kappa shape index (κ3) is 5.29. The lowest BCUT2D eigenvalue weighted by molar-refractivity contribution is 0.299. The quantitative estimate of drug-likeness (QED) is 0.206. The number of hydrogen-bond acceptors (Lipinski definition) is 3. The number of H-pyrrole nitrogens is 2. The molecule has 1 saturated heterocycles. The highest BCUT2D eigenvalue weighted by atomic mass is 127. The van der Waals surface area contributed by atoms with Gasteiger partial charge in [0.05, 0.1) is 0 Å². The molecule has 0 unspecified atom stereocenters. The molecule has 0 aliphatic carbocycles. The Kier molecular flexibility index (Phi) is 7.91. The van der Waals surface area contributed by atoms with Crippen molar-refractivity contribution in [2.45, 2.75) is 38.5 Å². The number of aliphatic imine (C=N–C) groups is 1. The number of benzene rings is 1. The molecule has 2 aromatic heterocycles. The number of aryl methyl sites for hydroxylation is 1. The molecule has 29 heavy (non-hydrogen) atoms. The van der Waals surface area contributed by atoms with Gasteiger partial charge in [-0.2, -0.15) is 5.10 Å². The van der Waals surface area contributed by atoms with Crippen LogP contribution in [0.3, 0.4) is 0 Å². The maximum absolute atomic E-state index is 4.89. The predicted octanol–water partition coefficient (Wildman–Crippen LogP) is 3.68. The molecule has 1 aromatic carbocycles. The molecule has 1 aliphatic rings. The Morgan fingerprint density at radius 3 is 2.86 bits per heavy atom. The number of para-hydroxylation sites is 1. The Bertz CT molecular complexity index is 895. The summed E-state index contributed by atoms with van der Waals surface area (Å²) in [5, 5.41) is 11.8. The first kappa shape index (κ1) is 21.6. The van der Waals surface area contributed by atoms with Crippen LogP contribution in [0.4, 0.5) is 0 Å². The second-order valence-corrected chi connectivity index (χ2v) is 7.33. The third-order valence-electron chi connectivity index (χ3n) is 5.49. The van der Waals surface area contributed by atoms with E-state index in [4.69, 9.17) is 4.99 Å². The van der Waals surface area contributed by atoms with Crippen LogP contribution in [-0.4, -0.2) is 57.2 Å². The summed E-state index contributed by atoms with van der Waals surface area (Å²) in [6.07, 6.45) is 7.98. The van der Waals surface area contributed by atoms with Gasteiger partial charge in [0.2, 0.25) is 0 Å². The monoisotopic (exact) mass is 507 g/mol. The Labute approximate surface area is 188 Å². The van der Waals surface area contributed by atoms with Crippen molar-refractivity contribution in [2.24, 2.45) is 4.99 Å². The molecule has 0 spiro atoms. The van der Waals surface area contributed by atoms with E-state index in [2.05, 4.69) is 67.8 Å². The van der Waals surface area contributed by atoms with Crippen LogP contribution < -0.4 is 5.32 Å². The van der Waals surface area contributed by atoms with Gasteiger partial charge in [-0.05, 0) is 44.2 Å². The van der Waals surface area contributed by atoms with Gasteiger partial charge in [-0.3, -0.25) is 10.1 Å². The summed E-state index contributed by atoms with van der Waals surface area (Å²) in [5.74, 6) is 2.53. The summed E-state index contributed by atoms with van der Waals surface area (Å²) < 4.78 is 0. The van der Waals surface area contributed by atoms with E-state index in [-0.39, 0.29) is 24.0 Å². The van der Waals surface area contributed by atoms with Gasteiger partial charge in [-0.25, -0.2) is 4.98 Å². The van der Waals surface area contributed by atoms with E-state index in [1.54, 1.807) is 6.33 Å². The minimum absolute atomic E-state index is 0. The molecular formula is C21H30IN7. The second-order valence-electron chi connectivity index (χ2n) is 7.33. The van der Waals surface area contributed by atoms with E-state index < -0.39 is 0 Å². The van der Waals surface area contributed by atoms with Crippen LogP contribution in [0.15, 0.2) is 41.8 Å². The van der Waals surface area contributed by atoms with Crippen LogP contribution in [0.5, 0.6) is 0 Å². The normalized spacial score (nSPS) is 15.5. The number of fused-ring (bicyclic) bond motifs is 1. The fourth-order valence-corrected chi connectivity index (χ4v) is 4.00. The Balaban J connectivity index is 0.00000240. The number of nitrogens with one attached hydrogen (secondary N) is 3. The summed E-state index contributed by atoms with van der Waals surface area (Å²) in [6, 6.07) is 8.49. The fourth-order valence-electron chi connectivity index (χ4n) is 4.00. The zero-order valence-corrected chi connectivity index (χ0v) is 19.2. The van der Waals surface area contributed by atoms with E-state index in [1.165, 1.54) is 16.5 Å². The number of aromatic amines is 2. The van der Waals surface area contributed by atoms with Gasteiger partial charge >= 0.3 is 0 Å². The number of likely N-dealkylation sites (tertiary alicyclic amines) is 1. The van der Waals surface area contributed by atoms with Crippen molar-refractivity contribution in [3.05, 3.63) is 48.2 Å². The topological polar surface area (TPSA) is 85.0 Å². The number of guanidine groups is 1. The van der Waals surface area contributed by atoms with Crippen LogP contribution in [0, 0.1) is 0 Å². The first-order chi connectivity index (χ1) is 13.8. The Morgan fingerprint density at radius 1 is 1.28 bits per heavy atom. The Hall–Kier alpha value is -2.10. The van der Waals surface area contributed by atoms with Crippen molar-refractivity contribution in [1.82, 2.24) is 30.4 Å². The van der Waals surface area contributed by atoms with Gasteiger partial charge in [-0.1, -0.05) is 18.2 Å². The van der Waals surface area contributed by atoms with Gasteiger partial charge in [0, 0.05) is 49.2 Å². The first-order valence-corrected chi connectivity index (χ1v) is 10.3. The number of hydrogen-bond donors (Lipinski definition) is 3. The maximum Gasteiger partial charge on any atom is 0.193 e. The molecule has 1 fully saturated rings. The molecule has 7 nitrogen and oxygen atoms in total. The molecule has 8 heteroatoms. The minimum Gasteiger partial charge on any atom is -0.361 e. The lowest BCUT2D eigenvalue weighted by atomic mass is 9.96. The fraction of sp³-hybridized carbons (Fsp3) is 0.476. The van der Waals surface area contributed by atoms with Crippen LogP contribution in [0.25, 0.3) is 10.9 Å². The summed E-state index contributed by atoms with van der Waals surface area (Å²) >= 11 is 0. The van der Waals surface area contributed by atoms with Gasteiger partial charge < -0.3 is 15.2 Å². The maximum atomic E-state index is 4.89. The molecule has 3 heterocycles. The van der Waals surface area contributed by atoms with Crippen molar-refractivity contribution in [1.29, 1.82) is 0 Å². The molecule has 0 amide bonds. The molecule has 0 saturated carbocycles. The lowest BCUT2D eigenvalue weighted by Crippen LogP contribution is -2.45. The van der Waals surface area contributed by atoms with Gasteiger partial charge in [-0.15, -0.1) is 24.0 Å². The number of halogens is 1.